The number of anilines is 1. The number of rotatable bonds is 6. The minimum atomic E-state index is 0.623. The lowest BCUT2D eigenvalue weighted by molar-refractivity contribution is 0.181. The number of hydrogen-bond donors (Lipinski definition) is 1. The van der Waals surface area contributed by atoms with Crippen LogP contribution in [-0.2, 0) is 17.9 Å². The number of hydrogen-bond acceptors (Lipinski definition) is 5. The molecule has 1 aliphatic carbocycles. The standard InChI is InChI=1S/C16H27N3OS/c1-11-6-7-19(9-12(11)2)16-18-14(10-20-3)15(21-16)8-17-13-4-5-13/h11-13,17H,4-10H2,1-3H3. The van der Waals surface area contributed by atoms with Crippen molar-refractivity contribution in [3.63, 3.8) is 0 Å². The Kier molecular flexibility index (Phi) is 4.82. The second-order valence-corrected chi connectivity index (χ2v) is 7.71. The smallest absolute Gasteiger partial charge is 0.185 e. The second kappa shape index (κ2) is 6.63. The molecule has 2 atom stereocenters. The molecular formula is C16H27N3OS. The molecule has 1 aliphatic heterocycles. The highest BCUT2D eigenvalue weighted by molar-refractivity contribution is 7.15. The van der Waals surface area contributed by atoms with Crippen LogP contribution in [0, 0.1) is 11.8 Å². The Bertz CT molecular complexity index is 472. The molecule has 0 aromatic carbocycles. The summed E-state index contributed by atoms with van der Waals surface area (Å²) in [5.74, 6) is 1.58. The van der Waals surface area contributed by atoms with Crippen molar-refractivity contribution in [2.24, 2.45) is 11.8 Å². The Labute approximate surface area is 131 Å². The third-order valence-corrected chi connectivity index (χ3v) is 5.94. The molecule has 0 bridgehead atoms. The summed E-state index contributed by atoms with van der Waals surface area (Å²) < 4.78 is 5.33. The molecule has 0 radical (unpaired) electrons. The predicted molar refractivity (Wildman–Crippen MR) is 87.8 cm³/mol. The van der Waals surface area contributed by atoms with E-state index in [9.17, 15) is 0 Å². The predicted octanol–water partition coefficient (Wildman–Crippen LogP) is 3.02. The summed E-state index contributed by atoms with van der Waals surface area (Å²) in [7, 11) is 1.75. The quantitative estimate of drug-likeness (QED) is 0.876. The molecule has 4 nitrogen and oxygen atoms in total. The van der Waals surface area contributed by atoms with E-state index in [0.717, 1.165) is 43.2 Å². The van der Waals surface area contributed by atoms with Gasteiger partial charge >= 0.3 is 0 Å². The molecular weight excluding hydrogens is 282 g/mol. The van der Waals surface area contributed by atoms with Crippen molar-refractivity contribution in [3.05, 3.63) is 10.6 Å². The Balaban J connectivity index is 1.70. The lowest BCUT2D eigenvalue weighted by atomic mass is 9.89. The van der Waals surface area contributed by atoms with Gasteiger partial charge in [-0.05, 0) is 31.1 Å². The molecule has 1 N–H and O–H groups in total. The van der Waals surface area contributed by atoms with Crippen molar-refractivity contribution in [2.75, 3.05) is 25.1 Å². The van der Waals surface area contributed by atoms with Crippen LogP contribution in [0.15, 0.2) is 0 Å². The van der Waals surface area contributed by atoms with Gasteiger partial charge in [-0.2, -0.15) is 0 Å². The largest absolute Gasteiger partial charge is 0.378 e. The fourth-order valence-corrected chi connectivity index (χ4v) is 3.90. The third-order valence-electron chi connectivity index (χ3n) is 4.78. The van der Waals surface area contributed by atoms with E-state index < -0.39 is 0 Å². The fraction of sp³-hybridized carbons (Fsp3) is 0.812. The molecule has 1 aromatic heterocycles. The van der Waals surface area contributed by atoms with Crippen LogP contribution in [0.2, 0.25) is 0 Å². The molecule has 5 heteroatoms. The van der Waals surface area contributed by atoms with Crippen LogP contribution in [0.5, 0.6) is 0 Å². The molecule has 21 heavy (non-hydrogen) atoms. The lowest BCUT2D eigenvalue weighted by Crippen LogP contribution is -2.38. The van der Waals surface area contributed by atoms with Gasteiger partial charge in [0.25, 0.3) is 0 Å². The minimum Gasteiger partial charge on any atom is -0.378 e. The highest BCUT2D eigenvalue weighted by Crippen LogP contribution is 2.32. The first-order valence-electron chi connectivity index (χ1n) is 8.13. The van der Waals surface area contributed by atoms with Gasteiger partial charge in [-0.25, -0.2) is 4.98 Å². The van der Waals surface area contributed by atoms with E-state index in [4.69, 9.17) is 9.72 Å². The van der Waals surface area contributed by atoms with Crippen LogP contribution in [0.3, 0.4) is 0 Å². The normalized spacial score (nSPS) is 26.3. The number of methoxy groups -OCH3 is 1. The number of ether oxygens (including phenoxy) is 1. The van der Waals surface area contributed by atoms with Gasteiger partial charge in [-0.1, -0.05) is 13.8 Å². The summed E-state index contributed by atoms with van der Waals surface area (Å²) in [6.07, 6.45) is 3.93. The molecule has 0 amide bonds. The Morgan fingerprint density at radius 3 is 2.76 bits per heavy atom. The van der Waals surface area contributed by atoms with Crippen LogP contribution in [0.1, 0.15) is 43.7 Å². The Morgan fingerprint density at radius 1 is 1.29 bits per heavy atom. The molecule has 1 saturated heterocycles. The average molecular weight is 309 g/mol. The SMILES string of the molecule is COCc1nc(N2CCC(C)C(C)C2)sc1CNC1CC1. The number of nitrogens with zero attached hydrogens (tertiary/aromatic N) is 2. The van der Waals surface area contributed by atoms with E-state index in [1.54, 1.807) is 7.11 Å². The maximum atomic E-state index is 5.33. The lowest BCUT2D eigenvalue weighted by Gasteiger charge is -2.35. The van der Waals surface area contributed by atoms with E-state index in [0.29, 0.717) is 6.61 Å². The minimum absolute atomic E-state index is 0.623. The maximum absolute atomic E-state index is 5.33. The van der Waals surface area contributed by atoms with Crippen molar-refractivity contribution in [3.8, 4) is 0 Å². The van der Waals surface area contributed by atoms with Crippen LogP contribution in [0.25, 0.3) is 0 Å². The van der Waals surface area contributed by atoms with E-state index >= 15 is 0 Å². The molecule has 1 aromatic rings. The first kappa shape index (κ1) is 15.3. The van der Waals surface area contributed by atoms with Crippen molar-refractivity contribution >= 4 is 16.5 Å². The molecule has 1 saturated carbocycles. The van der Waals surface area contributed by atoms with Crippen molar-refractivity contribution in [2.45, 2.75) is 52.3 Å². The highest BCUT2D eigenvalue weighted by atomic mass is 32.1. The zero-order valence-corrected chi connectivity index (χ0v) is 14.2. The molecule has 2 aliphatic rings. The Morgan fingerprint density at radius 2 is 2.10 bits per heavy atom. The van der Waals surface area contributed by atoms with Gasteiger partial charge in [-0.3, -0.25) is 0 Å². The summed E-state index contributed by atoms with van der Waals surface area (Å²) in [4.78, 5) is 8.68. The monoisotopic (exact) mass is 309 g/mol. The van der Waals surface area contributed by atoms with Crippen molar-refractivity contribution < 1.29 is 4.74 Å². The highest BCUT2D eigenvalue weighted by Gasteiger charge is 2.26. The van der Waals surface area contributed by atoms with E-state index in [1.165, 1.54) is 29.3 Å². The zero-order chi connectivity index (χ0) is 14.8. The van der Waals surface area contributed by atoms with Gasteiger partial charge in [0.2, 0.25) is 0 Å². The van der Waals surface area contributed by atoms with Gasteiger partial charge < -0.3 is 15.0 Å². The number of aromatic nitrogens is 1. The Hall–Kier alpha value is -0.650. The number of thiazole rings is 1. The molecule has 2 fully saturated rings. The summed E-state index contributed by atoms with van der Waals surface area (Å²) in [5, 5.41) is 4.79. The molecule has 0 spiro atoms. The van der Waals surface area contributed by atoms with Gasteiger partial charge in [0.1, 0.15) is 0 Å². The molecule has 2 heterocycles. The van der Waals surface area contributed by atoms with Crippen LogP contribution >= 0.6 is 11.3 Å². The van der Waals surface area contributed by atoms with Crippen molar-refractivity contribution in [1.82, 2.24) is 10.3 Å². The summed E-state index contributed by atoms with van der Waals surface area (Å²) in [5.41, 5.74) is 1.12. The molecule has 118 valence electrons. The van der Waals surface area contributed by atoms with Crippen LogP contribution < -0.4 is 10.2 Å². The number of nitrogens with one attached hydrogen (secondary N) is 1. The zero-order valence-electron chi connectivity index (χ0n) is 13.4. The molecule has 2 unspecified atom stereocenters. The summed E-state index contributed by atoms with van der Waals surface area (Å²) >= 11 is 1.85. The second-order valence-electron chi connectivity index (χ2n) is 6.64. The average Bonchev–Trinajstić information content (AvgIpc) is 3.21. The maximum Gasteiger partial charge on any atom is 0.185 e. The van der Waals surface area contributed by atoms with Crippen LogP contribution in [0.4, 0.5) is 5.13 Å². The van der Waals surface area contributed by atoms with Crippen molar-refractivity contribution in [1.29, 1.82) is 0 Å². The third kappa shape index (κ3) is 3.76. The fourth-order valence-electron chi connectivity index (χ4n) is 2.85. The van der Waals surface area contributed by atoms with E-state index in [2.05, 4.69) is 24.1 Å². The molecule has 3 rings (SSSR count). The topological polar surface area (TPSA) is 37.4 Å². The van der Waals surface area contributed by atoms with Gasteiger partial charge in [-0.15, -0.1) is 11.3 Å². The van der Waals surface area contributed by atoms with E-state index in [1.807, 2.05) is 11.3 Å². The summed E-state index contributed by atoms with van der Waals surface area (Å²) in [6, 6.07) is 0.738. The number of piperidine rings is 1. The van der Waals surface area contributed by atoms with Gasteiger partial charge in [0.05, 0.1) is 12.3 Å². The summed E-state index contributed by atoms with van der Waals surface area (Å²) in [6.45, 7) is 8.57. The first-order chi connectivity index (χ1) is 10.2. The van der Waals surface area contributed by atoms with Crippen LogP contribution in [-0.4, -0.2) is 31.2 Å². The van der Waals surface area contributed by atoms with E-state index in [-0.39, 0.29) is 0 Å². The first-order valence-corrected chi connectivity index (χ1v) is 8.95. The van der Waals surface area contributed by atoms with Gasteiger partial charge in [0.15, 0.2) is 5.13 Å². The van der Waals surface area contributed by atoms with Gasteiger partial charge in [0, 0.05) is 37.7 Å².